The lowest BCUT2D eigenvalue weighted by molar-refractivity contribution is 0.266. The van der Waals surface area contributed by atoms with E-state index >= 15 is 0 Å². The Morgan fingerprint density at radius 2 is 2.26 bits per heavy atom. The fraction of sp³-hybridized carbons (Fsp3) is 0.615. The third kappa shape index (κ3) is 2.14. The number of fused-ring (bicyclic) bond motifs is 1. The molecule has 1 saturated heterocycles. The van der Waals surface area contributed by atoms with Crippen molar-refractivity contribution in [3.63, 3.8) is 0 Å². The molecule has 6 heteroatoms. The Kier molecular flexibility index (Phi) is 3.45. The molecular weight excluding hydrogens is 280 g/mol. The second-order valence-corrected chi connectivity index (χ2v) is 6.62. The SMILES string of the molecule is CC1CN(c2nc3sccn3c2CCl)CC1N(C)C. The predicted octanol–water partition coefficient (Wildman–Crippen LogP) is 2.52. The maximum absolute atomic E-state index is 6.13. The van der Waals surface area contributed by atoms with Gasteiger partial charge in [-0.15, -0.1) is 22.9 Å². The van der Waals surface area contributed by atoms with E-state index < -0.39 is 0 Å². The van der Waals surface area contributed by atoms with Crippen LogP contribution in [0.4, 0.5) is 5.82 Å². The van der Waals surface area contributed by atoms with Crippen molar-refractivity contribution in [3.8, 4) is 0 Å². The number of alkyl halides is 1. The van der Waals surface area contributed by atoms with Gasteiger partial charge in [-0.3, -0.25) is 4.40 Å². The maximum atomic E-state index is 6.13. The molecule has 0 saturated carbocycles. The van der Waals surface area contributed by atoms with E-state index in [4.69, 9.17) is 16.6 Å². The molecule has 3 rings (SSSR count). The fourth-order valence-electron chi connectivity index (χ4n) is 2.99. The molecule has 2 unspecified atom stereocenters. The number of likely N-dealkylation sites (N-methyl/N-ethyl adjacent to an activating group) is 1. The summed E-state index contributed by atoms with van der Waals surface area (Å²) in [5.41, 5.74) is 1.12. The van der Waals surface area contributed by atoms with Gasteiger partial charge in [0.25, 0.3) is 0 Å². The summed E-state index contributed by atoms with van der Waals surface area (Å²) >= 11 is 7.79. The Bertz CT molecular complexity index is 576. The van der Waals surface area contributed by atoms with Gasteiger partial charge in [-0.25, -0.2) is 4.98 Å². The molecule has 2 atom stereocenters. The summed E-state index contributed by atoms with van der Waals surface area (Å²) in [5.74, 6) is 2.22. The number of anilines is 1. The van der Waals surface area contributed by atoms with Crippen LogP contribution in [-0.4, -0.2) is 47.5 Å². The van der Waals surface area contributed by atoms with E-state index in [1.165, 1.54) is 0 Å². The number of rotatable bonds is 3. The molecule has 1 fully saturated rings. The van der Waals surface area contributed by atoms with Crippen LogP contribution >= 0.6 is 22.9 Å². The Morgan fingerprint density at radius 1 is 1.47 bits per heavy atom. The van der Waals surface area contributed by atoms with E-state index in [0.29, 0.717) is 17.8 Å². The molecular formula is C13H19ClN4S. The van der Waals surface area contributed by atoms with Crippen LogP contribution in [-0.2, 0) is 5.88 Å². The zero-order valence-corrected chi connectivity index (χ0v) is 13.1. The summed E-state index contributed by atoms with van der Waals surface area (Å²) in [7, 11) is 4.30. The first-order valence-corrected chi connectivity index (χ1v) is 7.95. The third-order valence-corrected chi connectivity index (χ3v) is 5.01. The average Bonchev–Trinajstić information content (AvgIpc) is 3.00. The maximum Gasteiger partial charge on any atom is 0.195 e. The van der Waals surface area contributed by atoms with Gasteiger partial charge in [-0.05, 0) is 20.0 Å². The van der Waals surface area contributed by atoms with E-state index in [0.717, 1.165) is 29.6 Å². The molecule has 0 bridgehead atoms. The second kappa shape index (κ2) is 4.96. The first-order chi connectivity index (χ1) is 9.11. The van der Waals surface area contributed by atoms with Crippen molar-refractivity contribution in [1.82, 2.24) is 14.3 Å². The van der Waals surface area contributed by atoms with Crippen LogP contribution in [0.15, 0.2) is 11.6 Å². The topological polar surface area (TPSA) is 23.8 Å². The number of hydrogen-bond acceptors (Lipinski definition) is 4. The average molecular weight is 299 g/mol. The molecule has 0 amide bonds. The van der Waals surface area contributed by atoms with Crippen molar-refractivity contribution >= 4 is 33.7 Å². The van der Waals surface area contributed by atoms with Crippen molar-refractivity contribution < 1.29 is 0 Å². The Labute approximate surface area is 122 Å². The smallest absolute Gasteiger partial charge is 0.195 e. The van der Waals surface area contributed by atoms with E-state index in [-0.39, 0.29) is 0 Å². The van der Waals surface area contributed by atoms with Crippen LogP contribution in [0.25, 0.3) is 4.96 Å². The predicted molar refractivity (Wildman–Crippen MR) is 81.5 cm³/mol. The van der Waals surface area contributed by atoms with Crippen molar-refractivity contribution in [2.75, 3.05) is 32.1 Å². The summed E-state index contributed by atoms with van der Waals surface area (Å²) in [6.45, 7) is 4.39. The van der Waals surface area contributed by atoms with Crippen LogP contribution in [0.2, 0.25) is 0 Å². The quantitative estimate of drug-likeness (QED) is 0.814. The second-order valence-electron chi connectivity index (χ2n) is 5.48. The van der Waals surface area contributed by atoms with Gasteiger partial charge in [0.2, 0.25) is 0 Å². The largest absolute Gasteiger partial charge is 0.353 e. The zero-order valence-electron chi connectivity index (χ0n) is 11.5. The first kappa shape index (κ1) is 13.2. The van der Waals surface area contributed by atoms with Crippen molar-refractivity contribution in [1.29, 1.82) is 0 Å². The molecule has 0 aliphatic carbocycles. The lowest BCUT2D eigenvalue weighted by Crippen LogP contribution is -2.34. The molecule has 0 aromatic carbocycles. The summed E-state index contributed by atoms with van der Waals surface area (Å²) in [6, 6.07) is 0.586. The highest BCUT2D eigenvalue weighted by Crippen LogP contribution is 2.31. The standard InChI is InChI=1S/C13H19ClN4S/c1-9-7-17(8-11(9)16(2)3)12-10(6-14)18-4-5-19-13(18)15-12/h4-5,9,11H,6-8H2,1-3H3. The minimum atomic E-state index is 0.505. The van der Waals surface area contributed by atoms with Gasteiger partial charge in [0.15, 0.2) is 10.8 Å². The molecule has 2 aromatic rings. The van der Waals surface area contributed by atoms with Gasteiger partial charge in [0, 0.05) is 30.7 Å². The molecule has 19 heavy (non-hydrogen) atoms. The molecule has 3 heterocycles. The van der Waals surface area contributed by atoms with Crippen LogP contribution < -0.4 is 4.90 Å². The molecule has 0 radical (unpaired) electrons. The Hall–Kier alpha value is -0.780. The first-order valence-electron chi connectivity index (χ1n) is 6.53. The van der Waals surface area contributed by atoms with Gasteiger partial charge < -0.3 is 9.80 Å². The van der Waals surface area contributed by atoms with Gasteiger partial charge in [0.05, 0.1) is 11.6 Å². The number of nitrogens with zero attached hydrogens (tertiary/aromatic N) is 4. The molecule has 0 spiro atoms. The molecule has 2 aromatic heterocycles. The Morgan fingerprint density at radius 3 is 2.89 bits per heavy atom. The number of aromatic nitrogens is 2. The minimum Gasteiger partial charge on any atom is -0.353 e. The van der Waals surface area contributed by atoms with Gasteiger partial charge >= 0.3 is 0 Å². The number of imidazole rings is 1. The van der Waals surface area contributed by atoms with Crippen molar-refractivity contribution in [2.45, 2.75) is 18.8 Å². The highest BCUT2D eigenvalue weighted by molar-refractivity contribution is 7.15. The summed E-state index contributed by atoms with van der Waals surface area (Å²) in [6.07, 6.45) is 2.05. The van der Waals surface area contributed by atoms with E-state index in [9.17, 15) is 0 Å². The molecule has 4 nitrogen and oxygen atoms in total. The molecule has 104 valence electrons. The van der Waals surface area contributed by atoms with Gasteiger partial charge in [0.1, 0.15) is 0 Å². The van der Waals surface area contributed by atoms with Crippen molar-refractivity contribution in [3.05, 3.63) is 17.3 Å². The normalized spacial score (nSPS) is 23.9. The molecule has 1 aliphatic rings. The van der Waals surface area contributed by atoms with E-state index in [2.05, 4.69) is 46.8 Å². The van der Waals surface area contributed by atoms with E-state index in [1.54, 1.807) is 11.3 Å². The number of hydrogen-bond donors (Lipinski definition) is 0. The summed E-state index contributed by atoms with van der Waals surface area (Å²) < 4.78 is 2.11. The summed E-state index contributed by atoms with van der Waals surface area (Å²) in [5, 5.41) is 2.05. The van der Waals surface area contributed by atoms with E-state index in [1.807, 2.05) is 0 Å². The van der Waals surface area contributed by atoms with Gasteiger partial charge in [-0.1, -0.05) is 6.92 Å². The van der Waals surface area contributed by atoms with Crippen LogP contribution in [0, 0.1) is 5.92 Å². The third-order valence-electron chi connectivity index (χ3n) is 4.00. The van der Waals surface area contributed by atoms with Crippen LogP contribution in [0.3, 0.4) is 0 Å². The zero-order chi connectivity index (χ0) is 13.6. The minimum absolute atomic E-state index is 0.505. The molecule has 0 N–H and O–H groups in total. The highest BCUT2D eigenvalue weighted by Gasteiger charge is 2.33. The number of halogens is 1. The fourth-order valence-corrected chi connectivity index (χ4v) is 3.97. The van der Waals surface area contributed by atoms with Crippen molar-refractivity contribution in [2.24, 2.45) is 5.92 Å². The molecule has 1 aliphatic heterocycles. The monoisotopic (exact) mass is 298 g/mol. The van der Waals surface area contributed by atoms with Crippen LogP contribution in [0.5, 0.6) is 0 Å². The lowest BCUT2D eigenvalue weighted by Gasteiger charge is -2.22. The summed E-state index contributed by atoms with van der Waals surface area (Å²) in [4.78, 5) is 10.5. The Balaban J connectivity index is 1.94. The van der Waals surface area contributed by atoms with Crippen LogP contribution in [0.1, 0.15) is 12.6 Å². The highest BCUT2D eigenvalue weighted by atomic mass is 35.5. The van der Waals surface area contributed by atoms with Gasteiger partial charge in [-0.2, -0.15) is 0 Å². The number of thiazole rings is 1. The lowest BCUT2D eigenvalue weighted by atomic mass is 10.1.